The predicted octanol–water partition coefficient (Wildman–Crippen LogP) is 2.65. The van der Waals surface area contributed by atoms with Gasteiger partial charge in [-0.3, -0.25) is 4.90 Å². The van der Waals surface area contributed by atoms with E-state index in [2.05, 4.69) is 70.9 Å². The first-order valence-corrected chi connectivity index (χ1v) is 6.97. The summed E-state index contributed by atoms with van der Waals surface area (Å²) in [4.78, 5) is 2.56. The van der Waals surface area contributed by atoms with Crippen LogP contribution < -0.4 is 5.32 Å². The highest BCUT2D eigenvalue weighted by Crippen LogP contribution is 2.22. The van der Waals surface area contributed by atoms with Crippen molar-refractivity contribution < 1.29 is 0 Å². The van der Waals surface area contributed by atoms with Crippen LogP contribution in [0, 0.1) is 3.57 Å². The standard InChI is InChI=1S/C13H19IN2/c1-10-9-16(8-7-15-10)11(2)12-3-5-13(14)6-4-12/h3-6,10-11,15H,7-9H2,1-2H3. The Balaban J connectivity index is 2.06. The summed E-state index contributed by atoms with van der Waals surface area (Å²) in [5.74, 6) is 0. The molecule has 0 amide bonds. The lowest BCUT2D eigenvalue weighted by molar-refractivity contribution is 0.158. The van der Waals surface area contributed by atoms with Crippen LogP contribution in [0.1, 0.15) is 25.5 Å². The van der Waals surface area contributed by atoms with Crippen LogP contribution in [0.4, 0.5) is 0 Å². The van der Waals surface area contributed by atoms with Crippen molar-refractivity contribution in [2.24, 2.45) is 0 Å². The first kappa shape index (κ1) is 12.3. The minimum absolute atomic E-state index is 0.529. The fourth-order valence-corrected chi connectivity index (χ4v) is 2.63. The average Bonchev–Trinajstić information content (AvgIpc) is 2.29. The van der Waals surface area contributed by atoms with Crippen molar-refractivity contribution in [2.45, 2.75) is 25.9 Å². The van der Waals surface area contributed by atoms with Gasteiger partial charge in [0.2, 0.25) is 0 Å². The quantitative estimate of drug-likeness (QED) is 0.839. The van der Waals surface area contributed by atoms with Crippen LogP contribution in [-0.4, -0.2) is 30.6 Å². The highest BCUT2D eigenvalue weighted by atomic mass is 127. The van der Waals surface area contributed by atoms with Crippen LogP contribution in [0.3, 0.4) is 0 Å². The van der Waals surface area contributed by atoms with E-state index in [9.17, 15) is 0 Å². The summed E-state index contributed by atoms with van der Waals surface area (Å²) < 4.78 is 1.31. The molecule has 0 saturated carbocycles. The van der Waals surface area contributed by atoms with Crippen LogP contribution in [0.5, 0.6) is 0 Å². The zero-order valence-electron chi connectivity index (χ0n) is 9.91. The molecule has 1 aliphatic rings. The van der Waals surface area contributed by atoms with Gasteiger partial charge in [-0.05, 0) is 54.1 Å². The molecule has 16 heavy (non-hydrogen) atoms. The molecule has 1 heterocycles. The fourth-order valence-electron chi connectivity index (χ4n) is 2.27. The van der Waals surface area contributed by atoms with Crippen LogP contribution >= 0.6 is 22.6 Å². The number of benzene rings is 1. The van der Waals surface area contributed by atoms with Crippen LogP contribution in [0.15, 0.2) is 24.3 Å². The van der Waals surface area contributed by atoms with E-state index in [1.54, 1.807) is 0 Å². The first-order chi connectivity index (χ1) is 7.66. The van der Waals surface area contributed by atoms with Crippen molar-refractivity contribution in [1.82, 2.24) is 10.2 Å². The molecule has 1 fully saturated rings. The molecule has 2 nitrogen and oxygen atoms in total. The molecular weight excluding hydrogens is 311 g/mol. The summed E-state index contributed by atoms with van der Waals surface area (Å²) >= 11 is 2.35. The Labute approximate surface area is 112 Å². The molecule has 0 bridgehead atoms. The van der Waals surface area contributed by atoms with Crippen molar-refractivity contribution in [3.63, 3.8) is 0 Å². The summed E-state index contributed by atoms with van der Waals surface area (Å²) in [7, 11) is 0. The van der Waals surface area contributed by atoms with Gasteiger partial charge < -0.3 is 5.32 Å². The molecule has 1 N–H and O–H groups in total. The van der Waals surface area contributed by atoms with Gasteiger partial charge in [-0.15, -0.1) is 0 Å². The second-order valence-electron chi connectivity index (χ2n) is 4.58. The van der Waals surface area contributed by atoms with Crippen molar-refractivity contribution in [2.75, 3.05) is 19.6 Å². The van der Waals surface area contributed by atoms with Crippen molar-refractivity contribution in [3.05, 3.63) is 33.4 Å². The summed E-state index contributed by atoms with van der Waals surface area (Å²) in [6.45, 7) is 7.97. The molecule has 1 aliphatic heterocycles. The highest BCUT2D eigenvalue weighted by Gasteiger charge is 2.21. The minimum Gasteiger partial charge on any atom is -0.312 e. The molecule has 3 heteroatoms. The maximum absolute atomic E-state index is 3.48. The molecular formula is C13H19IN2. The highest BCUT2D eigenvalue weighted by molar-refractivity contribution is 14.1. The van der Waals surface area contributed by atoms with E-state index < -0.39 is 0 Å². The summed E-state index contributed by atoms with van der Waals surface area (Å²) in [6, 6.07) is 10.0. The number of hydrogen-bond acceptors (Lipinski definition) is 2. The van der Waals surface area contributed by atoms with Gasteiger partial charge in [0.05, 0.1) is 0 Å². The second kappa shape index (κ2) is 5.47. The van der Waals surface area contributed by atoms with E-state index in [-0.39, 0.29) is 0 Å². The molecule has 2 rings (SSSR count). The number of nitrogens with one attached hydrogen (secondary N) is 1. The molecule has 1 aromatic carbocycles. The molecule has 0 aliphatic carbocycles. The lowest BCUT2D eigenvalue weighted by Crippen LogP contribution is -2.49. The lowest BCUT2D eigenvalue weighted by atomic mass is 10.1. The van der Waals surface area contributed by atoms with Crippen LogP contribution in [0.25, 0.3) is 0 Å². The van der Waals surface area contributed by atoms with Gasteiger partial charge >= 0.3 is 0 Å². The first-order valence-electron chi connectivity index (χ1n) is 5.89. The van der Waals surface area contributed by atoms with E-state index in [1.807, 2.05) is 0 Å². The Morgan fingerprint density at radius 3 is 2.69 bits per heavy atom. The normalized spacial score (nSPS) is 24.3. The number of nitrogens with zero attached hydrogens (tertiary/aromatic N) is 1. The molecule has 1 saturated heterocycles. The van der Waals surface area contributed by atoms with Crippen molar-refractivity contribution >= 4 is 22.6 Å². The molecule has 0 radical (unpaired) electrons. The van der Waals surface area contributed by atoms with Gasteiger partial charge in [0.1, 0.15) is 0 Å². The average molecular weight is 330 g/mol. The van der Waals surface area contributed by atoms with Gasteiger partial charge in [-0.25, -0.2) is 0 Å². The third kappa shape index (κ3) is 2.96. The monoisotopic (exact) mass is 330 g/mol. The molecule has 1 aromatic rings. The predicted molar refractivity (Wildman–Crippen MR) is 76.6 cm³/mol. The fraction of sp³-hybridized carbons (Fsp3) is 0.538. The minimum atomic E-state index is 0.529. The zero-order chi connectivity index (χ0) is 11.5. The lowest BCUT2D eigenvalue weighted by Gasteiger charge is -2.36. The smallest absolute Gasteiger partial charge is 0.0321 e. The van der Waals surface area contributed by atoms with E-state index in [4.69, 9.17) is 0 Å². The van der Waals surface area contributed by atoms with E-state index >= 15 is 0 Å². The van der Waals surface area contributed by atoms with Gasteiger partial charge in [0.25, 0.3) is 0 Å². The van der Waals surface area contributed by atoms with E-state index in [0.29, 0.717) is 12.1 Å². The van der Waals surface area contributed by atoms with E-state index in [0.717, 1.165) is 19.6 Å². The summed E-state index contributed by atoms with van der Waals surface area (Å²) in [5.41, 5.74) is 1.43. The van der Waals surface area contributed by atoms with E-state index in [1.165, 1.54) is 9.13 Å². The third-order valence-electron chi connectivity index (χ3n) is 3.30. The second-order valence-corrected chi connectivity index (χ2v) is 5.82. The Bertz CT molecular complexity index is 336. The topological polar surface area (TPSA) is 15.3 Å². The summed E-state index contributed by atoms with van der Waals surface area (Å²) in [5, 5.41) is 3.48. The van der Waals surface area contributed by atoms with Crippen molar-refractivity contribution in [3.8, 4) is 0 Å². The van der Waals surface area contributed by atoms with Gasteiger partial charge in [0.15, 0.2) is 0 Å². The molecule has 0 spiro atoms. The molecule has 0 aromatic heterocycles. The molecule has 2 unspecified atom stereocenters. The SMILES string of the molecule is CC1CN(C(C)c2ccc(I)cc2)CCN1. The number of piperazine rings is 1. The third-order valence-corrected chi connectivity index (χ3v) is 4.02. The summed E-state index contributed by atoms with van der Waals surface area (Å²) in [6.07, 6.45) is 0. The Morgan fingerprint density at radius 1 is 1.38 bits per heavy atom. The Kier molecular flexibility index (Phi) is 4.21. The number of hydrogen-bond donors (Lipinski definition) is 1. The largest absolute Gasteiger partial charge is 0.312 e. The van der Waals surface area contributed by atoms with Gasteiger partial charge in [-0.1, -0.05) is 12.1 Å². The number of halogens is 1. The van der Waals surface area contributed by atoms with Gasteiger partial charge in [-0.2, -0.15) is 0 Å². The Hall–Kier alpha value is -0.130. The maximum atomic E-state index is 3.48. The van der Waals surface area contributed by atoms with Gasteiger partial charge in [0, 0.05) is 35.3 Å². The number of rotatable bonds is 2. The molecule has 2 atom stereocenters. The van der Waals surface area contributed by atoms with Crippen LogP contribution in [0.2, 0.25) is 0 Å². The zero-order valence-corrected chi connectivity index (χ0v) is 12.1. The van der Waals surface area contributed by atoms with Crippen LogP contribution in [-0.2, 0) is 0 Å². The molecule has 88 valence electrons. The van der Waals surface area contributed by atoms with Crippen molar-refractivity contribution in [1.29, 1.82) is 0 Å². The maximum Gasteiger partial charge on any atom is 0.0321 e. The Morgan fingerprint density at radius 2 is 2.06 bits per heavy atom.